The van der Waals surface area contributed by atoms with Gasteiger partial charge in [0.1, 0.15) is 5.56 Å². The fraction of sp³-hybridized carbons (Fsp3) is 0.333. The molecular weight excluding hydrogens is 371 g/mol. The Morgan fingerprint density at radius 3 is 2.81 bits per heavy atom. The van der Waals surface area contributed by atoms with Crippen molar-refractivity contribution in [3.63, 3.8) is 0 Å². The molecule has 0 aromatic carbocycles. The number of nitrogens with zero attached hydrogens (tertiary/aromatic N) is 4. The second-order valence-electron chi connectivity index (χ2n) is 6.14. The van der Waals surface area contributed by atoms with Gasteiger partial charge in [-0.2, -0.15) is 0 Å². The van der Waals surface area contributed by atoms with E-state index in [1.807, 2.05) is 4.90 Å². The number of hydrogen-bond acceptors (Lipinski definition) is 7. The van der Waals surface area contributed by atoms with Crippen molar-refractivity contribution >= 4 is 34.2 Å². The van der Waals surface area contributed by atoms with E-state index < -0.39 is 17.2 Å². The van der Waals surface area contributed by atoms with Gasteiger partial charge in [-0.15, -0.1) is 11.3 Å². The van der Waals surface area contributed by atoms with Gasteiger partial charge in [-0.25, -0.2) is 19.2 Å². The van der Waals surface area contributed by atoms with Crippen molar-refractivity contribution in [3.05, 3.63) is 45.4 Å². The second-order valence-corrected chi connectivity index (χ2v) is 7.01. The summed E-state index contributed by atoms with van der Waals surface area (Å²) in [6.45, 7) is 3.23. The van der Waals surface area contributed by atoms with Crippen LogP contribution < -0.4 is 10.3 Å². The summed E-state index contributed by atoms with van der Waals surface area (Å²) >= 11 is 1.32. The first-order valence-corrected chi connectivity index (χ1v) is 9.56. The second kappa shape index (κ2) is 7.07. The molecule has 140 valence electrons. The maximum absolute atomic E-state index is 14.7. The van der Waals surface area contributed by atoms with Crippen molar-refractivity contribution < 1.29 is 13.9 Å². The number of esters is 1. The predicted octanol–water partition coefficient (Wildman–Crippen LogP) is 2.76. The number of thiazole rings is 1. The van der Waals surface area contributed by atoms with Gasteiger partial charge in [0.15, 0.2) is 22.4 Å². The smallest absolute Gasteiger partial charge is 0.343 e. The molecule has 0 unspecified atom stereocenters. The van der Waals surface area contributed by atoms with E-state index in [0.717, 1.165) is 32.0 Å². The number of carbonyl (C=O) groups excluding carboxylic acids is 1. The molecule has 1 aliphatic heterocycles. The molecule has 0 N–H and O–H groups in total. The van der Waals surface area contributed by atoms with Crippen molar-refractivity contribution in [3.8, 4) is 5.13 Å². The molecule has 0 radical (unpaired) electrons. The third-order valence-electron chi connectivity index (χ3n) is 4.44. The van der Waals surface area contributed by atoms with Gasteiger partial charge in [0.2, 0.25) is 5.43 Å². The average Bonchev–Trinajstić information content (AvgIpc) is 3.36. The quantitative estimate of drug-likeness (QED) is 0.640. The number of halogens is 1. The lowest BCUT2D eigenvalue weighted by Crippen LogP contribution is -2.24. The fourth-order valence-corrected chi connectivity index (χ4v) is 3.82. The molecule has 0 saturated carbocycles. The Kier molecular flexibility index (Phi) is 4.61. The minimum atomic E-state index is -0.751. The number of aromatic nitrogens is 3. The van der Waals surface area contributed by atoms with Gasteiger partial charge >= 0.3 is 5.97 Å². The molecule has 27 heavy (non-hydrogen) atoms. The molecule has 3 aromatic rings. The summed E-state index contributed by atoms with van der Waals surface area (Å²) in [4.78, 5) is 35.6. The van der Waals surface area contributed by atoms with Crippen molar-refractivity contribution in [2.45, 2.75) is 19.8 Å². The van der Waals surface area contributed by atoms with Gasteiger partial charge in [0.05, 0.1) is 12.0 Å². The van der Waals surface area contributed by atoms with Crippen LogP contribution in [0.3, 0.4) is 0 Å². The van der Waals surface area contributed by atoms with Gasteiger partial charge in [-0.1, -0.05) is 0 Å². The summed E-state index contributed by atoms with van der Waals surface area (Å²) in [6, 6.07) is 1.16. The maximum atomic E-state index is 14.7. The lowest BCUT2D eigenvalue weighted by molar-refractivity contribution is 0.0524. The molecule has 0 amide bonds. The summed E-state index contributed by atoms with van der Waals surface area (Å²) in [5.41, 5.74) is -0.503. The monoisotopic (exact) mass is 388 g/mol. The van der Waals surface area contributed by atoms with Gasteiger partial charge in [0.25, 0.3) is 0 Å². The molecule has 0 aliphatic carbocycles. The molecule has 3 aromatic heterocycles. The Labute approximate surface area is 158 Å². The van der Waals surface area contributed by atoms with Crippen LogP contribution in [0.25, 0.3) is 16.2 Å². The first-order chi connectivity index (χ1) is 13.1. The summed E-state index contributed by atoms with van der Waals surface area (Å²) < 4.78 is 21.2. The van der Waals surface area contributed by atoms with Crippen molar-refractivity contribution in [1.82, 2.24) is 14.5 Å². The predicted molar refractivity (Wildman–Crippen MR) is 100 cm³/mol. The first-order valence-electron chi connectivity index (χ1n) is 8.68. The van der Waals surface area contributed by atoms with Crippen LogP contribution in [-0.2, 0) is 4.74 Å². The number of hydrogen-bond donors (Lipinski definition) is 0. The van der Waals surface area contributed by atoms with E-state index in [2.05, 4.69) is 9.97 Å². The van der Waals surface area contributed by atoms with E-state index >= 15 is 0 Å². The highest BCUT2D eigenvalue weighted by molar-refractivity contribution is 7.12. The van der Waals surface area contributed by atoms with Crippen LogP contribution in [0.15, 0.2) is 28.6 Å². The Balaban J connectivity index is 2.00. The van der Waals surface area contributed by atoms with Gasteiger partial charge in [-0.3, -0.25) is 9.36 Å². The Morgan fingerprint density at radius 1 is 1.37 bits per heavy atom. The maximum Gasteiger partial charge on any atom is 0.343 e. The molecule has 0 bridgehead atoms. The third kappa shape index (κ3) is 3.08. The summed E-state index contributed by atoms with van der Waals surface area (Å²) in [5, 5.41) is 2.32. The van der Waals surface area contributed by atoms with Crippen molar-refractivity contribution in [1.29, 1.82) is 0 Å². The number of ether oxygens (including phenoxy) is 1. The Morgan fingerprint density at radius 2 is 2.15 bits per heavy atom. The number of pyridine rings is 2. The summed E-state index contributed by atoms with van der Waals surface area (Å²) in [7, 11) is 0. The normalized spacial score (nSPS) is 14.1. The van der Waals surface area contributed by atoms with Crippen LogP contribution >= 0.6 is 11.3 Å². The molecular formula is C18H17FN4O3S. The topological polar surface area (TPSA) is 77.3 Å². The molecule has 0 spiro atoms. The largest absolute Gasteiger partial charge is 0.462 e. The van der Waals surface area contributed by atoms with E-state index in [1.54, 1.807) is 23.1 Å². The van der Waals surface area contributed by atoms with Crippen molar-refractivity contribution in [2.24, 2.45) is 0 Å². The molecule has 7 nitrogen and oxygen atoms in total. The molecule has 9 heteroatoms. The number of rotatable bonds is 4. The van der Waals surface area contributed by atoms with Gasteiger partial charge in [-0.05, 0) is 25.8 Å². The third-order valence-corrected chi connectivity index (χ3v) is 5.21. The number of fused-ring (bicyclic) bond motifs is 1. The number of anilines is 1. The highest BCUT2D eigenvalue weighted by atomic mass is 32.1. The van der Waals surface area contributed by atoms with Crippen LogP contribution in [0.2, 0.25) is 0 Å². The standard InChI is InChI=1S/C18H17FN4O3S/c1-2-26-17(25)12-10-23(18-20-5-8-27-18)15-11(14(12)24)9-13(19)16(21-15)22-6-3-4-7-22/h5,8-10H,2-4,6-7H2,1H3. The first kappa shape index (κ1) is 17.6. The zero-order valence-corrected chi connectivity index (χ0v) is 15.5. The van der Waals surface area contributed by atoms with Crippen molar-refractivity contribution in [2.75, 3.05) is 24.6 Å². The zero-order valence-electron chi connectivity index (χ0n) is 14.6. The highest BCUT2D eigenvalue weighted by Gasteiger charge is 2.23. The van der Waals surface area contributed by atoms with E-state index in [-0.39, 0.29) is 29.0 Å². The Bertz CT molecular complexity index is 1060. The minimum Gasteiger partial charge on any atom is -0.462 e. The van der Waals surface area contributed by atoms with E-state index in [4.69, 9.17) is 4.74 Å². The highest BCUT2D eigenvalue weighted by Crippen LogP contribution is 2.26. The van der Waals surface area contributed by atoms with Crippen LogP contribution in [0.1, 0.15) is 30.1 Å². The van der Waals surface area contributed by atoms with Gasteiger partial charge < -0.3 is 9.64 Å². The molecule has 0 atom stereocenters. The summed E-state index contributed by atoms with van der Waals surface area (Å²) in [5.74, 6) is -1.11. The molecule has 1 saturated heterocycles. The SMILES string of the molecule is CCOC(=O)c1cn(-c2nccs2)c2nc(N3CCCC3)c(F)cc2c1=O. The molecule has 4 heterocycles. The zero-order chi connectivity index (χ0) is 19.0. The molecule has 1 fully saturated rings. The molecule has 4 rings (SSSR count). The average molecular weight is 388 g/mol. The van der Waals surface area contributed by atoms with Crippen LogP contribution in [0, 0.1) is 5.82 Å². The van der Waals surface area contributed by atoms with Crippen LogP contribution in [0.5, 0.6) is 0 Å². The van der Waals surface area contributed by atoms with E-state index in [9.17, 15) is 14.0 Å². The van der Waals surface area contributed by atoms with Gasteiger partial charge in [0, 0.05) is 30.9 Å². The number of carbonyl (C=O) groups is 1. The molecule has 1 aliphatic rings. The Hall–Kier alpha value is -2.81. The lowest BCUT2D eigenvalue weighted by atomic mass is 10.2. The minimum absolute atomic E-state index is 0.0243. The lowest BCUT2D eigenvalue weighted by Gasteiger charge is -2.18. The fourth-order valence-electron chi connectivity index (χ4n) is 3.20. The van der Waals surface area contributed by atoms with Crippen LogP contribution in [-0.4, -0.2) is 40.2 Å². The summed E-state index contributed by atoms with van der Waals surface area (Å²) in [6.07, 6.45) is 4.93. The van der Waals surface area contributed by atoms with E-state index in [1.165, 1.54) is 17.5 Å². The van der Waals surface area contributed by atoms with E-state index in [0.29, 0.717) is 5.13 Å². The van der Waals surface area contributed by atoms with Crippen LogP contribution in [0.4, 0.5) is 10.2 Å².